The molecule has 1 aromatic rings. The zero-order chi connectivity index (χ0) is 11.4. The lowest BCUT2D eigenvalue weighted by Crippen LogP contribution is -2.16. The third-order valence-corrected chi connectivity index (χ3v) is 3.99. The van der Waals surface area contributed by atoms with Gasteiger partial charge in [0.2, 0.25) is 0 Å². The largest absolute Gasteiger partial charge is 0.481 e. The van der Waals surface area contributed by atoms with Crippen LogP contribution in [-0.4, -0.2) is 32.4 Å². The predicted molar refractivity (Wildman–Crippen MR) is 63.8 cm³/mol. The first-order chi connectivity index (χ1) is 7.75. The fraction of sp³-hybridized carbons (Fsp3) is 0.636. The van der Waals surface area contributed by atoms with Crippen LogP contribution in [0, 0.1) is 0 Å². The Bertz CT molecular complexity index is 359. The van der Waals surface area contributed by atoms with Crippen molar-refractivity contribution in [3.63, 3.8) is 0 Å². The summed E-state index contributed by atoms with van der Waals surface area (Å²) in [5.41, 5.74) is 1.03. The first-order valence-electron chi connectivity index (χ1n) is 5.58. The fourth-order valence-electron chi connectivity index (χ4n) is 1.89. The Balaban J connectivity index is 1.93. The lowest BCUT2D eigenvalue weighted by molar-refractivity contribution is -0.136. The van der Waals surface area contributed by atoms with E-state index in [0.29, 0.717) is 12.5 Å². The second-order valence-corrected chi connectivity index (χ2v) is 5.24. The molecule has 0 aromatic carbocycles. The topological polar surface area (TPSA) is 55.1 Å². The lowest BCUT2D eigenvalue weighted by atomic mass is 10.2. The van der Waals surface area contributed by atoms with Gasteiger partial charge in [-0.15, -0.1) is 0 Å². The molecule has 0 saturated carbocycles. The van der Waals surface area contributed by atoms with Crippen LogP contribution in [0.4, 0.5) is 0 Å². The molecule has 0 amide bonds. The molecule has 2 heterocycles. The SMILES string of the molecule is O=C(O)CCc1cnn(C2CCCSC2)c1. The van der Waals surface area contributed by atoms with Crippen molar-refractivity contribution in [2.45, 2.75) is 31.7 Å². The molecule has 1 N–H and O–H groups in total. The number of carboxylic acid groups (broad SMARTS) is 1. The second kappa shape index (κ2) is 5.39. The summed E-state index contributed by atoms with van der Waals surface area (Å²) in [4.78, 5) is 10.5. The third kappa shape index (κ3) is 3.01. The summed E-state index contributed by atoms with van der Waals surface area (Å²) in [5, 5.41) is 12.9. The Morgan fingerprint density at radius 2 is 2.56 bits per heavy atom. The third-order valence-electron chi connectivity index (χ3n) is 2.79. The number of aryl methyl sites for hydroxylation is 1. The second-order valence-electron chi connectivity index (χ2n) is 4.09. The van der Waals surface area contributed by atoms with Crippen LogP contribution in [0.2, 0.25) is 0 Å². The van der Waals surface area contributed by atoms with Crippen LogP contribution in [0.15, 0.2) is 12.4 Å². The summed E-state index contributed by atoms with van der Waals surface area (Å²) < 4.78 is 2.00. The monoisotopic (exact) mass is 240 g/mol. The number of hydrogen-bond acceptors (Lipinski definition) is 3. The van der Waals surface area contributed by atoms with E-state index in [4.69, 9.17) is 5.11 Å². The number of nitrogens with zero attached hydrogens (tertiary/aromatic N) is 2. The summed E-state index contributed by atoms with van der Waals surface area (Å²) >= 11 is 1.97. The van der Waals surface area contributed by atoms with Crippen molar-refractivity contribution in [2.75, 3.05) is 11.5 Å². The number of carbonyl (C=O) groups is 1. The van der Waals surface area contributed by atoms with Gasteiger partial charge in [0.05, 0.1) is 12.2 Å². The molecule has 1 fully saturated rings. The number of aliphatic carboxylic acids is 1. The number of rotatable bonds is 4. The summed E-state index contributed by atoms with van der Waals surface area (Å²) in [6.07, 6.45) is 6.99. The van der Waals surface area contributed by atoms with Crippen LogP contribution in [0.3, 0.4) is 0 Å². The van der Waals surface area contributed by atoms with E-state index in [1.54, 1.807) is 6.20 Å². The van der Waals surface area contributed by atoms with Gasteiger partial charge in [-0.05, 0) is 30.6 Å². The highest BCUT2D eigenvalue weighted by Gasteiger charge is 2.16. The minimum atomic E-state index is -0.749. The first-order valence-corrected chi connectivity index (χ1v) is 6.74. The van der Waals surface area contributed by atoms with Gasteiger partial charge in [0.25, 0.3) is 0 Å². The molecular weight excluding hydrogens is 224 g/mol. The van der Waals surface area contributed by atoms with Crippen molar-refractivity contribution in [1.29, 1.82) is 0 Å². The number of carboxylic acids is 1. The van der Waals surface area contributed by atoms with Gasteiger partial charge in [-0.2, -0.15) is 16.9 Å². The molecule has 0 aliphatic carbocycles. The maximum absolute atomic E-state index is 10.5. The highest BCUT2D eigenvalue weighted by Crippen LogP contribution is 2.26. The van der Waals surface area contributed by atoms with Crippen LogP contribution >= 0.6 is 11.8 Å². The quantitative estimate of drug-likeness (QED) is 0.874. The van der Waals surface area contributed by atoms with Crippen molar-refractivity contribution >= 4 is 17.7 Å². The van der Waals surface area contributed by atoms with Crippen molar-refractivity contribution < 1.29 is 9.90 Å². The van der Waals surface area contributed by atoms with Gasteiger partial charge in [0.1, 0.15) is 0 Å². The molecule has 16 heavy (non-hydrogen) atoms. The van der Waals surface area contributed by atoms with Gasteiger partial charge >= 0.3 is 5.97 Å². The average molecular weight is 240 g/mol. The minimum absolute atomic E-state index is 0.186. The van der Waals surface area contributed by atoms with E-state index < -0.39 is 5.97 Å². The Hall–Kier alpha value is -0.970. The number of aromatic nitrogens is 2. The molecule has 1 aliphatic heterocycles. The maximum atomic E-state index is 10.5. The van der Waals surface area contributed by atoms with E-state index in [0.717, 1.165) is 11.3 Å². The summed E-state index contributed by atoms with van der Waals surface area (Å²) in [6.45, 7) is 0. The van der Waals surface area contributed by atoms with E-state index in [2.05, 4.69) is 5.10 Å². The molecule has 5 heteroatoms. The Morgan fingerprint density at radius 1 is 1.69 bits per heavy atom. The zero-order valence-corrected chi connectivity index (χ0v) is 9.95. The zero-order valence-electron chi connectivity index (χ0n) is 9.13. The fourth-order valence-corrected chi connectivity index (χ4v) is 3.02. The molecule has 0 spiro atoms. The van der Waals surface area contributed by atoms with Gasteiger partial charge in [0, 0.05) is 18.4 Å². The van der Waals surface area contributed by atoms with Crippen LogP contribution < -0.4 is 0 Å². The maximum Gasteiger partial charge on any atom is 0.303 e. The first kappa shape index (κ1) is 11.5. The van der Waals surface area contributed by atoms with E-state index >= 15 is 0 Å². The standard InChI is InChI=1S/C11H16N2O2S/c14-11(15)4-3-9-6-12-13(7-9)10-2-1-5-16-8-10/h6-7,10H,1-5,8H2,(H,14,15). The molecule has 1 unspecified atom stereocenters. The van der Waals surface area contributed by atoms with Gasteiger partial charge in [-0.25, -0.2) is 0 Å². The van der Waals surface area contributed by atoms with Crippen molar-refractivity contribution in [3.8, 4) is 0 Å². The molecule has 0 radical (unpaired) electrons. The van der Waals surface area contributed by atoms with Crippen LogP contribution in [0.25, 0.3) is 0 Å². The van der Waals surface area contributed by atoms with Gasteiger partial charge in [-0.1, -0.05) is 0 Å². The minimum Gasteiger partial charge on any atom is -0.481 e. The van der Waals surface area contributed by atoms with E-state index in [9.17, 15) is 4.79 Å². The summed E-state index contributed by atoms with van der Waals surface area (Å²) in [6, 6.07) is 0.498. The van der Waals surface area contributed by atoms with Gasteiger partial charge in [-0.3, -0.25) is 9.48 Å². The van der Waals surface area contributed by atoms with Gasteiger partial charge in [0.15, 0.2) is 0 Å². The summed E-state index contributed by atoms with van der Waals surface area (Å²) in [7, 11) is 0. The van der Waals surface area contributed by atoms with Crippen LogP contribution in [0.5, 0.6) is 0 Å². The average Bonchev–Trinajstić information content (AvgIpc) is 2.76. The van der Waals surface area contributed by atoms with E-state index in [-0.39, 0.29) is 6.42 Å². The molecule has 0 bridgehead atoms. The van der Waals surface area contributed by atoms with Crippen molar-refractivity contribution in [2.24, 2.45) is 0 Å². The van der Waals surface area contributed by atoms with Crippen molar-refractivity contribution in [1.82, 2.24) is 9.78 Å². The molecule has 1 aliphatic rings. The molecule has 4 nitrogen and oxygen atoms in total. The highest BCUT2D eigenvalue weighted by molar-refractivity contribution is 7.99. The number of hydrogen-bond donors (Lipinski definition) is 1. The van der Waals surface area contributed by atoms with Crippen LogP contribution in [-0.2, 0) is 11.2 Å². The van der Waals surface area contributed by atoms with Crippen LogP contribution in [0.1, 0.15) is 30.9 Å². The molecule has 1 saturated heterocycles. The Kier molecular flexibility index (Phi) is 3.88. The molecule has 88 valence electrons. The van der Waals surface area contributed by atoms with Gasteiger partial charge < -0.3 is 5.11 Å². The summed E-state index contributed by atoms with van der Waals surface area (Å²) in [5.74, 6) is 1.63. The molecule has 2 rings (SSSR count). The number of thioether (sulfide) groups is 1. The normalized spacial score (nSPS) is 20.9. The predicted octanol–water partition coefficient (Wildman–Crippen LogP) is 1.97. The highest BCUT2D eigenvalue weighted by atomic mass is 32.2. The van der Waals surface area contributed by atoms with E-state index in [1.807, 2.05) is 22.6 Å². The molecule has 1 atom stereocenters. The smallest absolute Gasteiger partial charge is 0.303 e. The molecular formula is C11H16N2O2S. The Labute approximate surface area is 99.0 Å². The Morgan fingerprint density at radius 3 is 3.25 bits per heavy atom. The van der Waals surface area contributed by atoms with Crippen molar-refractivity contribution in [3.05, 3.63) is 18.0 Å². The van der Waals surface area contributed by atoms with E-state index in [1.165, 1.54) is 18.6 Å². The molecule has 1 aromatic heterocycles. The lowest BCUT2D eigenvalue weighted by Gasteiger charge is -2.21.